The number of non-ortho nitro benzene ring substituents is 1. The molecule has 0 N–H and O–H groups in total. The second kappa shape index (κ2) is 12.7. The molecular weight excluding hydrogens is 564 g/mol. The van der Waals surface area contributed by atoms with Gasteiger partial charge in [0.15, 0.2) is 5.78 Å². The minimum absolute atomic E-state index is 0.0293. The van der Waals surface area contributed by atoms with Crippen molar-refractivity contribution in [3.63, 3.8) is 0 Å². The minimum Gasteiger partial charge on any atom is -0.497 e. The Labute approximate surface area is 254 Å². The number of amides is 1. The number of thioether (sulfide) groups is 1. The van der Waals surface area contributed by atoms with E-state index in [1.165, 1.54) is 23.9 Å². The van der Waals surface area contributed by atoms with E-state index in [4.69, 9.17) is 9.47 Å². The molecule has 0 saturated carbocycles. The Morgan fingerprint density at radius 1 is 0.884 bits per heavy atom. The molecule has 9 heteroatoms. The Balaban J connectivity index is 1.60. The van der Waals surface area contributed by atoms with Gasteiger partial charge in [0.25, 0.3) is 5.69 Å². The van der Waals surface area contributed by atoms with E-state index in [1.807, 2.05) is 85.8 Å². The van der Waals surface area contributed by atoms with Crippen LogP contribution in [0.3, 0.4) is 0 Å². The topological polar surface area (TPSA) is 99.0 Å². The third-order valence-corrected chi connectivity index (χ3v) is 9.42. The molecule has 5 rings (SSSR count). The van der Waals surface area contributed by atoms with E-state index in [0.717, 1.165) is 16.0 Å². The molecule has 0 radical (unpaired) electrons. The predicted molar refractivity (Wildman–Crippen MR) is 166 cm³/mol. The quantitative estimate of drug-likeness (QED) is 0.102. The summed E-state index contributed by atoms with van der Waals surface area (Å²) in [5, 5.41) is 11.2. The van der Waals surface area contributed by atoms with Gasteiger partial charge in [0, 0.05) is 23.4 Å². The maximum atomic E-state index is 14.5. The summed E-state index contributed by atoms with van der Waals surface area (Å²) in [7, 11) is 3.19. The molecule has 1 aliphatic rings. The third-order valence-electron chi connectivity index (χ3n) is 7.86. The second-order valence-electron chi connectivity index (χ2n) is 10.3. The normalized spacial score (nSPS) is 17.8. The van der Waals surface area contributed by atoms with Crippen molar-refractivity contribution in [2.45, 2.75) is 41.5 Å². The number of nitro benzene ring substituents is 1. The Morgan fingerprint density at radius 2 is 1.42 bits per heavy atom. The molecule has 2 atom stereocenters. The fourth-order valence-electron chi connectivity index (χ4n) is 5.63. The van der Waals surface area contributed by atoms with Crippen LogP contribution in [-0.2, 0) is 16.0 Å². The van der Waals surface area contributed by atoms with E-state index < -0.39 is 21.8 Å². The average Bonchev–Trinajstić information content (AvgIpc) is 3.04. The maximum absolute atomic E-state index is 14.5. The van der Waals surface area contributed by atoms with Crippen LogP contribution in [0.25, 0.3) is 0 Å². The maximum Gasteiger partial charge on any atom is 0.269 e. The minimum atomic E-state index is -1.02. The number of ketones is 1. The van der Waals surface area contributed by atoms with Gasteiger partial charge in [-0.25, -0.2) is 0 Å². The molecule has 0 aliphatic carbocycles. The van der Waals surface area contributed by atoms with E-state index in [0.29, 0.717) is 23.5 Å². The lowest BCUT2D eigenvalue weighted by Crippen LogP contribution is -2.75. The number of carbonyl (C=O) groups excluding carboxylic acids is 2. The lowest BCUT2D eigenvalue weighted by molar-refractivity contribution is -0.384. The number of hydrogen-bond donors (Lipinski definition) is 0. The van der Waals surface area contributed by atoms with Gasteiger partial charge in [-0.05, 0) is 59.5 Å². The zero-order chi connectivity index (χ0) is 30.6. The zero-order valence-electron chi connectivity index (χ0n) is 24.1. The van der Waals surface area contributed by atoms with Gasteiger partial charge in [-0.1, -0.05) is 61.5 Å². The molecule has 1 saturated heterocycles. The van der Waals surface area contributed by atoms with Crippen molar-refractivity contribution in [1.82, 2.24) is 4.90 Å². The van der Waals surface area contributed by atoms with Gasteiger partial charge in [0.1, 0.15) is 22.3 Å². The molecule has 4 aromatic rings. The number of Topliss-reactive ketones (excluding diaryl/α,β-unsaturated/α-hetero) is 1. The Bertz CT molecular complexity index is 1550. The van der Waals surface area contributed by atoms with Crippen molar-refractivity contribution < 1.29 is 24.0 Å². The molecule has 43 heavy (non-hydrogen) atoms. The van der Waals surface area contributed by atoms with Crippen LogP contribution in [-0.4, -0.2) is 46.5 Å². The highest BCUT2D eigenvalue weighted by atomic mass is 32.2. The molecule has 1 amide bonds. The van der Waals surface area contributed by atoms with E-state index in [-0.39, 0.29) is 23.8 Å². The molecule has 1 fully saturated rings. The molecular formula is C34H32N2O6S. The number of benzene rings is 4. The number of rotatable bonds is 12. The predicted octanol–water partition coefficient (Wildman–Crippen LogP) is 6.67. The summed E-state index contributed by atoms with van der Waals surface area (Å²) in [6, 6.07) is 29.3. The number of methoxy groups -OCH3 is 2. The number of hydrogen-bond acceptors (Lipinski definition) is 7. The van der Waals surface area contributed by atoms with E-state index in [1.54, 1.807) is 31.3 Å². The second-order valence-corrected chi connectivity index (χ2v) is 11.7. The van der Waals surface area contributed by atoms with Crippen LogP contribution in [0.2, 0.25) is 0 Å². The molecule has 0 bridgehead atoms. The van der Waals surface area contributed by atoms with Gasteiger partial charge in [0.2, 0.25) is 5.91 Å². The van der Waals surface area contributed by atoms with Crippen molar-refractivity contribution in [2.24, 2.45) is 0 Å². The highest BCUT2D eigenvalue weighted by Gasteiger charge is 2.64. The lowest BCUT2D eigenvalue weighted by Gasteiger charge is -2.57. The Hall–Kier alpha value is -4.63. The highest BCUT2D eigenvalue weighted by Crippen LogP contribution is 2.53. The van der Waals surface area contributed by atoms with E-state index in [9.17, 15) is 19.7 Å². The molecule has 0 aromatic heterocycles. The number of likely N-dealkylation sites (tertiary alicyclic amines) is 1. The fraction of sp³-hybridized carbons (Fsp3) is 0.235. The van der Waals surface area contributed by atoms with Crippen LogP contribution in [0.4, 0.5) is 5.69 Å². The first-order valence-corrected chi connectivity index (χ1v) is 14.7. The Kier molecular flexibility index (Phi) is 8.82. The van der Waals surface area contributed by atoms with Gasteiger partial charge < -0.3 is 14.4 Å². The molecule has 1 aliphatic heterocycles. The van der Waals surface area contributed by atoms with Crippen LogP contribution in [0.15, 0.2) is 108 Å². The van der Waals surface area contributed by atoms with Gasteiger partial charge >= 0.3 is 0 Å². The van der Waals surface area contributed by atoms with E-state index in [2.05, 4.69) is 0 Å². The van der Waals surface area contributed by atoms with Gasteiger partial charge in [-0.2, -0.15) is 0 Å². The number of nitrogens with zero attached hydrogens (tertiary/aromatic N) is 2. The first-order valence-electron chi connectivity index (χ1n) is 13.9. The van der Waals surface area contributed by atoms with Crippen LogP contribution >= 0.6 is 11.8 Å². The molecule has 2 unspecified atom stereocenters. The van der Waals surface area contributed by atoms with Gasteiger partial charge in [-0.15, -0.1) is 11.8 Å². The van der Waals surface area contributed by atoms with Crippen LogP contribution in [0.1, 0.15) is 36.1 Å². The first-order chi connectivity index (χ1) is 20.8. The van der Waals surface area contributed by atoms with Crippen LogP contribution < -0.4 is 9.47 Å². The SMILES string of the molecule is CCC1(Sc2ccccc2)C(=O)N(C(c2ccc(OC)cc2)c2ccc(OC)cc2)C1C(=O)Cc1ccc([N+](=O)[O-])cc1. The highest BCUT2D eigenvalue weighted by molar-refractivity contribution is 8.01. The monoisotopic (exact) mass is 596 g/mol. The summed E-state index contributed by atoms with van der Waals surface area (Å²) in [4.78, 5) is 42.1. The van der Waals surface area contributed by atoms with Gasteiger partial charge in [0.05, 0.1) is 25.2 Å². The van der Waals surface area contributed by atoms with E-state index >= 15 is 0 Å². The molecule has 8 nitrogen and oxygen atoms in total. The first kappa shape index (κ1) is 29.8. The summed E-state index contributed by atoms with van der Waals surface area (Å²) in [5.74, 6) is 1.11. The zero-order valence-corrected chi connectivity index (χ0v) is 25.0. The van der Waals surface area contributed by atoms with Gasteiger partial charge in [-0.3, -0.25) is 19.7 Å². The molecule has 4 aromatic carbocycles. The van der Waals surface area contributed by atoms with Crippen molar-refractivity contribution in [1.29, 1.82) is 0 Å². The largest absolute Gasteiger partial charge is 0.497 e. The van der Waals surface area contributed by atoms with Crippen molar-refractivity contribution in [3.05, 3.63) is 130 Å². The number of ether oxygens (including phenoxy) is 2. The number of nitro groups is 1. The van der Waals surface area contributed by atoms with Crippen LogP contribution in [0.5, 0.6) is 11.5 Å². The van der Waals surface area contributed by atoms with Crippen molar-refractivity contribution in [2.75, 3.05) is 14.2 Å². The standard InChI is InChI=1S/C34H32N2O6S/c1-4-34(43-29-8-6-5-7-9-29)32(30(37)22-23-10-16-26(17-11-23)36(39)40)35(33(34)38)31(24-12-18-27(41-2)19-13-24)25-14-20-28(42-3)21-15-25/h5-21,31-32H,4,22H2,1-3H3. The summed E-state index contributed by atoms with van der Waals surface area (Å²) >= 11 is 1.42. The van der Waals surface area contributed by atoms with Crippen LogP contribution in [0, 0.1) is 10.1 Å². The summed E-state index contributed by atoms with van der Waals surface area (Å²) < 4.78 is 9.73. The molecule has 0 spiro atoms. The molecule has 1 heterocycles. The summed E-state index contributed by atoms with van der Waals surface area (Å²) in [5.41, 5.74) is 2.28. The fourth-order valence-corrected chi connectivity index (χ4v) is 7.03. The summed E-state index contributed by atoms with van der Waals surface area (Å²) in [6.07, 6.45) is 0.470. The Morgan fingerprint density at radius 3 is 1.88 bits per heavy atom. The smallest absolute Gasteiger partial charge is 0.269 e. The van der Waals surface area contributed by atoms with Crippen molar-refractivity contribution >= 4 is 29.1 Å². The third kappa shape index (κ3) is 5.85. The lowest BCUT2D eigenvalue weighted by atomic mass is 9.76. The van der Waals surface area contributed by atoms with Crippen molar-refractivity contribution in [3.8, 4) is 11.5 Å². The summed E-state index contributed by atoms with van der Waals surface area (Å²) in [6.45, 7) is 1.94. The number of β-lactam (4-membered cyclic amide) rings is 1. The number of carbonyl (C=O) groups is 2. The average molecular weight is 597 g/mol. The molecule has 220 valence electrons.